The molecule has 0 atom stereocenters. The fraction of sp³-hybridized carbons (Fsp3) is 0. The molecule has 0 aliphatic carbocycles. The molecule has 0 saturated carbocycles. The Labute approximate surface area is 239 Å². The van der Waals surface area contributed by atoms with Gasteiger partial charge in [0.25, 0.3) is 0 Å². The topological polar surface area (TPSA) is 103 Å². The molecule has 0 saturated heterocycles. The van der Waals surface area contributed by atoms with E-state index in [-0.39, 0.29) is 54.4 Å². The van der Waals surface area contributed by atoms with Crippen molar-refractivity contribution in [3.05, 3.63) is 87.3 Å². The first kappa shape index (κ1) is 53.2. The predicted molar refractivity (Wildman–Crippen MR) is 122 cm³/mol. The summed E-state index contributed by atoms with van der Waals surface area (Å²) in [5, 5.41) is 0. The van der Waals surface area contributed by atoms with Crippen LogP contribution in [0.2, 0.25) is 0 Å². The SMILES string of the molecule is F[PH+](F)N(c1ccccc1)[PH+](F)F.F[PH+](F)N(c1ccccc1)[PH+](F)F.[C-]#[O+].[C-]#[O+].[C-]#[O+].[C-]#[O+].[CH-]=O.[Fe+2].[Fe+3]. The first-order chi connectivity index (χ1) is 17.3. The smallest absolute Gasteiger partial charge is 0.545 e. The number of nitrogens with zero attached hydrogens (tertiary/aromatic N) is 2. The van der Waals surface area contributed by atoms with Crippen molar-refractivity contribution in [3.8, 4) is 0 Å². The minimum atomic E-state index is -4.10. The molecule has 0 bridgehead atoms. The zero-order chi connectivity index (χ0) is 29.7. The molecule has 38 heavy (non-hydrogen) atoms. The van der Waals surface area contributed by atoms with Crippen LogP contribution in [0.5, 0.6) is 0 Å². The zero-order valence-corrected chi connectivity index (χ0v) is 24.2. The van der Waals surface area contributed by atoms with Crippen molar-refractivity contribution in [2.45, 2.75) is 0 Å². The second-order valence-electron chi connectivity index (χ2n) is 4.30. The van der Waals surface area contributed by atoms with Crippen molar-refractivity contribution in [2.24, 2.45) is 0 Å². The molecule has 2 aromatic carbocycles. The Bertz CT molecular complexity index is 738. The van der Waals surface area contributed by atoms with Gasteiger partial charge in [-0.1, -0.05) is 36.4 Å². The van der Waals surface area contributed by atoms with E-state index in [4.69, 9.17) is 23.4 Å². The van der Waals surface area contributed by atoms with E-state index in [1.165, 1.54) is 48.5 Å². The van der Waals surface area contributed by atoms with E-state index in [2.05, 4.69) is 33.4 Å². The number of hydrogen-bond acceptors (Lipinski definition) is 3. The molecule has 21 heteroatoms. The number of anilines is 2. The molecule has 0 spiro atoms. The van der Waals surface area contributed by atoms with Crippen LogP contribution in [0.25, 0.3) is 0 Å². The van der Waals surface area contributed by atoms with Crippen molar-refractivity contribution >= 4 is 52.9 Å². The van der Waals surface area contributed by atoms with Gasteiger partial charge >= 0.3 is 114 Å². The average Bonchev–Trinajstić information content (AvgIpc) is 2.91. The van der Waals surface area contributed by atoms with E-state index in [0.29, 0.717) is 0 Å². The monoisotopic (exact) mass is 715 g/mol. The van der Waals surface area contributed by atoms with Gasteiger partial charge in [0, 0.05) is 33.6 Å². The van der Waals surface area contributed by atoms with Gasteiger partial charge in [-0.15, -0.1) is 0 Å². The number of halogens is 8. The Hall–Kier alpha value is -1.13. The molecular formula is C17H15F8Fe2N2O5P4+8. The fourth-order valence-electron chi connectivity index (χ4n) is 1.67. The van der Waals surface area contributed by atoms with Crippen LogP contribution in [-0.4, -0.2) is 6.79 Å². The molecule has 0 aliphatic heterocycles. The minimum absolute atomic E-state index is 0. The van der Waals surface area contributed by atoms with Gasteiger partial charge in [-0.25, -0.2) is 0 Å². The number of benzene rings is 2. The Morgan fingerprint density at radius 3 is 0.789 bits per heavy atom. The summed E-state index contributed by atoms with van der Waals surface area (Å²) in [4.78, 5) is 7.75. The van der Waals surface area contributed by atoms with Gasteiger partial charge in [0.1, 0.15) is 11.4 Å². The van der Waals surface area contributed by atoms with E-state index in [1.54, 1.807) is 12.1 Å². The van der Waals surface area contributed by atoms with Crippen LogP contribution in [0.3, 0.4) is 0 Å². The van der Waals surface area contributed by atoms with Gasteiger partial charge in [0.05, 0.1) is 0 Å². The Kier molecular flexibility index (Phi) is 56.5. The van der Waals surface area contributed by atoms with Crippen LogP contribution >= 0.6 is 34.8 Å². The van der Waals surface area contributed by atoms with Gasteiger partial charge in [-0.05, 0) is 33.1 Å². The van der Waals surface area contributed by atoms with Gasteiger partial charge < -0.3 is 4.79 Å². The zero-order valence-electron chi connectivity index (χ0n) is 18.0. The minimum Gasteiger partial charge on any atom is -0.545 e. The Morgan fingerprint density at radius 1 is 0.500 bits per heavy atom. The van der Waals surface area contributed by atoms with Crippen molar-refractivity contribution in [1.29, 1.82) is 0 Å². The molecule has 7 nitrogen and oxygen atoms in total. The van der Waals surface area contributed by atoms with E-state index >= 15 is 0 Å². The van der Waals surface area contributed by atoms with Crippen molar-refractivity contribution < 1.29 is 91.1 Å². The molecule has 0 N–H and O–H groups in total. The molecule has 2 aromatic rings. The summed E-state index contributed by atoms with van der Waals surface area (Å²) in [6, 6.07) is 14.0. The molecule has 0 fully saturated rings. The Balaban J connectivity index is -0.0000000731. The van der Waals surface area contributed by atoms with E-state index in [1.807, 2.05) is 0 Å². The Morgan fingerprint density at radius 2 is 0.658 bits per heavy atom. The quantitative estimate of drug-likeness (QED) is 0.0754. The number of rotatable bonds is 6. The maximum atomic E-state index is 12.2. The van der Waals surface area contributed by atoms with Crippen LogP contribution in [0.1, 0.15) is 0 Å². The molecule has 207 valence electrons. The van der Waals surface area contributed by atoms with Crippen molar-refractivity contribution in [2.75, 3.05) is 8.88 Å². The third kappa shape index (κ3) is 26.5. The maximum absolute atomic E-state index is 12.2. The summed E-state index contributed by atoms with van der Waals surface area (Å²) in [6.45, 7) is 21.2. The average molecular weight is 715 g/mol. The molecule has 0 aromatic heterocycles. The molecule has 0 unspecified atom stereocenters. The molecule has 0 amide bonds. The second-order valence-corrected chi connectivity index (χ2v) is 8.91. The van der Waals surface area contributed by atoms with Gasteiger partial charge in [0.2, 0.25) is 0 Å². The van der Waals surface area contributed by atoms with Crippen LogP contribution in [-0.2, 0) is 57.5 Å². The summed E-state index contributed by atoms with van der Waals surface area (Å²) in [7, 11) is -16.4. The van der Waals surface area contributed by atoms with E-state index in [9.17, 15) is 33.6 Å². The number of para-hydroxylation sites is 2. The first-order valence-corrected chi connectivity index (χ1v) is 12.5. The first-order valence-electron chi connectivity index (χ1n) is 7.73. The summed E-state index contributed by atoms with van der Waals surface area (Å²) >= 11 is 0. The molecule has 0 aliphatic rings. The third-order valence-corrected chi connectivity index (χ3v) is 7.12. The van der Waals surface area contributed by atoms with Gasteiger partial charge in [0.15, 0.2) is 0 Å². The van der Waals surface area contributed by atoms with Crippen LogP contribution in [0.15, 0.2) is 60.7 Å². The standard InChI is InChI=1S/2C6H5F4NP2.CHO.4CO.2Fe/c2*7-12(8)11(13(9)10)6-4-2-1-3-5-6;5*1-2;;/h2*1-5H;1H;;;;;;/q;;-1;;;;;+2;+3/p+4. The van der Waals surface area contributed by atoms with E-state index in [0.717, 1.165) is 0 Å². The summed E-state index contributed by atoms with van der Waals surface area (Å²) < 4.78 is 128. The van der Waals surface area contributed by atoms with E-state index < -0.39 is 34.8 Å². The predicted octanol–water partition coefficient (Wildman–Crippen LogP) is 8.15. The van der Waals surface area contributed by atoms with Crippen LogP contribution in [0.4, 0.5) is 45.0 Å². The second kappa shape index (κ2) is 40.4. The molecule has 0 heterocycles. The molecule has 1 radical (unpaired) electrons. The number of hydrogen-bond donors (Lipinski definition) is 0. The van der Waals surface area contributed by atoms with Gasteiger partial charge in [-0.2, -0.15) is 0 Å². The third-order valence-electron chi connectivity index (χ3n) is 2.70. The molecular weight excluding hydrogens is 700 g/mol. The molecule has 2 rings (SSSR count). The normalized spacial score (nSPS) is 7.79. The summed E-state index contributed by atoms with van der Waals surface area (Å²) in [5.41, 5.74) is -0.194. The summed E-state index contributed by atoms with van der Waals surface area (Å²) in [6.07, 6.45) is 0. The summed E-state index contributed by atoms with van der Waals surface area (Å²) in [5.74, 6) is 0. The van der Waals surface area contributed by atoms with Gasteiger partial charge in [-0.3, -0.25) is 6.79 Å². The van der Waals surface area contributed by atoms with Crippen molar-refractivity contribution in [3.63, 3.8) is 0 Å². The van der Waals surface area contributed by atoms with Crippen LogP contribution < -0.4 is 8.88 Å². The van der Waals surface area contributed by atoms with Crippen LogP contribution in [0, 0.1) is 26.6 Å². The van der Waals surface area contributed by atoms with Crippen molar-refractivity contribution in [1.82, 2.24) is 0 Å². The number of carbonyl (C=O) groups excluding carboxylic acids is 1. The maximum Gasteiger partial charge on any atom is 3.00 e. The largest absolute Gasteiger partial charge is 3.00 e. The fourth-order valence-corrected chi connectivity index (χ4v) is 4.07.